The zero-order chi connectivity index (χ0) is 7.56. The van der Waals surface area contributed by atoms with E-state index in [-0.39, 0.29) is 6.04 Å². The zero-order valence-corrected chi connectivity index (χ0v) is 6.60. The molecule has 1 rings (SSSR count). The lowest BCUT2D eigenvalue weighted by molar-refractivity contribution is 0.127. The Balaban J connectivity index is 2.36. The number of hydrogen-bond acceptors (Lipinski definition) is 2. The van der Waals surface area contributed by atoms with E-state index >= 15 is 0 Å². The van der Waals surface area contributed by atoms with Crippen LogP contribution in [0.2, 0.25) is 0 Å². The summed E-state index contributed by atoms with van der Waals surface area (Å²) in [5.74, 6) is 0. The Kier molecular flexibility index (Phi) is 2.63. The van der Waals surface area contributed by atoms with Crippen LogP contribution in [-0.2, 0) is 0 Å². The van der Waals surface area contributed by atoms with Gasteiger partial charge in [0.2, 0.25) is 0 Å². The molecule has 0 bridgehead atoms. The predicted octanol–water partition coefficient (Wildman–Crippen LogP) is 0.248. The largest absolute Gasteiger partial charge is 0.314 e. The van der Waals surface area contributed by atoms with Gasteiger partial charge in [0.25, 0.3) is 0 Å². The standard InChI is InChI=1S/C7H15FN2/c1-9-7-3-4-10(2)5-6(7)8/h6-7,9H,3-5H2,1-2H3/t6-,7+/m0/s1. The van der Waals surface area contributed by atoms with Crippen molar-refractivity contribution in [2.24, 2.45) is 0 Å². The topological polar surface area (TPSA) is 15.3 Å². The van der Waals surface area contributed by atoms with Crippen molar-refractivity contribution in [1.29, 1.82) is 0 Å². The van der Waals surface area contributed by atoms with Crippen LogP contribution in [0.3, 0.4) is 0 Å². The fraction of sp³-hybridized carbons (Fsp3) is 1.00. The third-order valence-electron chi connectivity index (χ3n) is 2.12. The highest BCUT2D eigenvalue weighted by Gasteiger charge is 2.25. The van der Waals surface area contributed by atoms with E-state index in [4.69, 9.17) is 0 Å². The van der Waals surface area contributed by atoms with Gasteiger partial charge in [-0.15, -0.1) is 0 Å². The Morgan fingerprint density at radius 3 is 2.80 bits per heavy atom. The van der Waals surface area contributed by atoms with Crippen LogP contribution in [0.1, 0.15) is 6.42 Å². The van der Waals surface area contributed by atoms with Crippen LogP contribution in [0.25, 0.3) is 0 Å². The third-order valence-corrected chi connectivity index (χ3v) is 2.12. The Morgan fingerprint density at radius 2 is 2.30 bits per heavy atom. The van der Waals surface area contributed by atoms with Crippen molar-refractivity contribution in [3.63, 3.8) is 0 Å². The van der Waals surface area contributed by atoms with E-state index in [2.05, 4.69) is 5.32 Å². The maximum atomic E-state index is 13.0. The molecule has 0 aromatic rings. The molecule has 1 fully saturated rings. The molecule has 60 valence electrons. The van der Waals surface area contributed by atoms with Crippen LogP contribution in [0.5, 0.6) is 0 Å². The smallest absolute Gasteiger partial charge is 0.128 e. The van der Waals surface area contributed by atoms with Gasteiger partial charge in [-0.05, 0) is 27.1 Å². The molecule has 0 aromatic heterocycles. The Morgan fingerprint density at radius 1 is 1.60 bits per heavy atom. The van der Waals surface area contributed by atoms with E-state index in [1.807, 2.05) is 19.0 Å². The fourth-order valence-electron chi connectivity index (χ4n) is 1.38. The van der Waals surface area contributed by atoms with Gasteiger partial charge in [0.1, 0.15) is 6.17 Å². The highest BCUT2D eigenvalue weighted by Crippen LogP contribution is 2.11. The van der Waals surface area contributed by atoms with Gasteiger partial charge in [-0.2, -0.15) is 0 Å². The van der Waals surface area contributed by atoms with Gasteiger partial charge in [0.05, 0.1) is 0 Å². The van der Waals surface area contributed by atoms with Crippen molar-refractivity contribution in [1.82, 2.24) is 10.2 Å². The Bertz CT molecular complexity index is 108. The molecule has 3 heteroatoms. The number of alkyl halides is 1. The molecule has 1 N–H and O–H groups in total. The summed E-state index contributed by atoms with van der Waals surface area (Å²) in [6.07, 6.45) is 0.234. The van der Waals surface area contributed by atoms with E-state index < -0.39 is 6.17 Å². The second-order valence-corrected chi connectivity index (χ2v) is 2.96. The van der Waals surface area contributed by atoms with Crippen LogP contribution in [0.15, 0.2) is 0 Å². The molecular weight excluding hydrogens is 131 g/mol. The first kappa shape index (κ1) is 7.95. The quantitative estimate of drug-likeness (QED) is 0.570. The number of hydrogen-bond donors (Lipinski definition) is 1. The maximum absolute atomic E-state index is 13.0. The summed E-state index contributed by atoms with van der Waals surface area (Å²) < 4.78 is 13.0. The van der Waals surface area contributed by atoms with E-state index in [0.29, 0.717) is 6.54 Å². The SMILES string of the molecule is CN[C@@H]1CCN(C)C[C@@H]1F. The highest BCUT2D eigenvalue weighted by atomic mass is 19.1. The second-order valence-electron chi connectivity index (χ2n) is 2.96. The van der Waals surface area contributed by atoms with Crippen LogP contribution in [0.4, 0.5) is 4.39 Å². The van der Waals surface area contributed by atoms with Gasteiger partial charge in [-0.25, -0.2) is 4.39 Å². The molecule has 2 atom stereocenters. The molecule has 2 nitrogen and oxygen atoms in total. The van der Waals surface area contributed by atoms with Gasteiger partial charge >= 0.3 is 0 Å². The van der Waals surface area contributed by atoms with Crippen molar-refractivity contribution >= 4 is 0 Å². The van der Waals surface area contributed by atoms with Gasteiger partial charge in [0, 0.05) is 12.6 Å². The number of halogens is 1. The first-order valence-corrected chi connectivity index (χ1v) is 3.74. The van der Waals surface area contributed by atoms with E-state index in [0.717, 1.165) is 13.0 Å². The minimum absolute atomic E-state index is 0.0798. The van der Waals surface area contributed by atoms with Crippen LogP contribution >= 0.6 is 0 Å². The maximum Gasteiger partial charge on any atom is 0.128 e. The third kappa shape index (κ3) is 1.67. The average Bonchev–Trinajstić information content (AvgIpc) is 1.88. The molecule has 1 heterocycles. The number of piperidine rings is 1. The molecule has 1 aliphatic heterocycles. The Labute approximate surface area is 61.4 Å². The second kappa shape index (κ2) is 3.30. The molecule has 10 heavy (non-hydrogen) atoms. The minimum atomic E-state index is -0.691. The highest BCUT2D eigenvalue weighted by molar-refractivity contribution is 4.82. The van der Waals surface area contributed by atoms with Crippen LogP contribution in [-0.4, -0.2) is 44.3 Å². The summed E-state index contributed by atoms with van der Waals surface area (Å²) in [6, 6.07) is 0.0798. The molecule has 0 saturated carbocycles. The molecule has 0 unspecified atom stereocenters. The van der Waals surface area contributed by atoms with Crippen molar-refractivity contribution in [2.75, 3.05) is 27.2 Å². The lowest BCUT2D eigenvalue weighted by Gasteiger charge is -2.31. The van der Waals surface area contributed by atoms with E-state index in [1.165, 1.54) is 0 Å². The molecule has 0 aliphatic carbocycles. The van der Waals surface area contributed by atoms with Gasteiger partial charge in [-0.1, -0.05) is 0 Å². The first-order valence-electron chi connectivity index (χ1n) is 3.74. The van der Waals surface area contributed by atoms with Gasteiger partial charge in [-0.3, -0.25) is 0 Å². The van der Waals surface area contributed by atoms with Crippen molar-refractivity contribution in [2.45, 2.75) is 18.6 Å². The van der Waals surface area contributed by atoms with Crippen LogP contribution in [0, 0.1) is 0 Å². The predicted molar refractivity (Wildman–Crippen MR) is 39.9 cm³/mol. The molecule has 1 aliphatic rings. The number of rotatable bonds is 1. The lowest BCUT2D eigenvalue weighted by atomic mass is 10.0. The first-order chi connectivity index (χ1) is 4.74. The number of likely N-dealkylation sites (tertiary alicyclic amines) is 1. The lowest BCUT2D eigenvalue weighted by Crippen LogP contribution is -2.48. The minimum Gasteiger partial charge on any atom is -0.314 e. The molecule has 0 spiro atoms. The number of nitrogens with zero attached hydrogens (tertiary/aromatic N) is 1. The summed E-state index contributed by atoms with van der Waals surface area (Å²) in [5.41, 5.74) is 0. The van der Waals surface area contributed by atoms with Crippen LogP contribution < -0.4 is 5.32 Å². The molecular formula is C7H15FN2. The van der Waals surface area contributed by atoms with Crippen molar-refractivity contribution < 1.29 is 4.39 Å². The number of nitrogens with one attached hydrogen (secondary N) is 1. The van der Waals surface area contributed by atoms with Crippen molar-refractivity contribution in [3.8, 4) is 0 Å². The van der Waals surface area contributed by atoms with E-state index in [9.17, 15) is 4.39 Å². The molecule has 0 amide bonds. The van der Waals surface area contributed by atoms with E-state index in [1.54, 1.807) is 0 Å². The average molecular weight is 146 g/mol. The molecule has 0 aromatic carbocycles. The summed E-state index contributed by atoms with van der Waals surface area (Å²) in [6.45, 7) is 1.58. The summed E-state index contributed by atoms with van der Waals surface area (Å²) in [4.78, 5) is 2.03. The van der Waals surface area contributed by atoms with Gasteiger partial charge in [0.15, 0.2) is 0 Å². The fourth-order valence-corrected chi connectivity index (χ4v) is 1.38. The summed E-state index contributed by atoms with van der Waals surface area (Å²) >= 11 is 0. The summed E-state index contributed by atoms with van der Waals surface area (Å²) in [5, 5.41) is 2.97. The van der Waals surface area contributed by atoms with Gasteiger partial charge < -0.3 is 10.2 Å². The monoisotopic (exact) mass is 146 g/mol. The zero-order valence-electron chi connectivity index (χ0n) is 6.60. The molecule has 1 saturated heterocycles. The Hall–Kier alpha value is -0.150. The normalized spacial score (nSPS) is 36.3. The van der Waals surface area contributed by atoms with Crippen molar-refractivity contribution in [3.05, 3.63) is 0 Å². The summed E-state index contributed by atoms with van der Waals surface area (Å²) in [7, 11) is 3.78. The molecule has 0 radical (unpaired) electrons.